The molecule has 1 aliphatic carbocycles. The molecule has 0 aromatic heterocycles. The van der Waals surface area contributed by atoms with Crippen molar-refractivity contribution >= 4 is 17.4 Å². The molecule has 4 N–H and O–H groups in total. The van der Waals surface area contributed by atoms with Gasteiger partial charge in [0.05, 0.1) is 11.4 Å². The molecular formula is C25H35N5O3. The van der Waals surface area contributed by atoms with Crippen LogP contribution >= 0.6 is 0 Å². The molecule has 0 radical (unpaired) electrons. The van der Waals surface area contributed by atoms with Gasteiger partial charge in [0.2, 0.25) is 0 Å². The number of ether oxygens (including phenoxy) is 1. The van der Waals surface area contributed by atoms with Crippen molar-refractivity contribution in [1.82, 2.24) is 5.01 Å². The molecule has 0 unspecified atom stereocenters. The Morgan fingerprint density at radius 2 is 1.82 bits per heavy atom. The van der Waals surface area contributed by atoms with Gasteiger partial charge in [0, 0.05) is 24.1 Å². The van der Waals surface area contributed by atoms with E-state index in [0.717, 1.165) is 56.6 Å². The van der Waals surface area contributed by atoms with E-state index in [1.807, 2.05) is 38.1 Å². The third-order valence-corrected chi connectivity index (χ3v) is 6.18. The summed E-state index contributed by atoms with van der Waals surface area (Å²) >= 11 is 0. The number of nitrogens with two attached hydrogens (primary N) is 2. The Morgan fingerprint density at radius 3 is 2.45 bits per heavy atom. The maximum Gasteiger partial charge on any atom is 0.352 e. The van der Waals surface area contributed by atoms with Crippen LogP contribution in [0, 0.1) is 19.8 Å². The number of hydrogen-bond donors (Lipinski definition) is 2. The zero-order valence-corrected chi connectivity index (χ0v) is 20.0. The minimum atomic E-state index is -0.518. The molecule has 2 aromatic carbocycles. The van der Waals surface area contributed by atoms with Gasteiger partial charge >= 0.3 is 6.03 Å². The Hall–Kier alpha value is -3.10. The lowest BCUT2D eigenvalue weighted by molar-refractivity contribution is 0.210. The Labute approximate surface area is 196 Å². The summed E-state index contributed by atoms with van der Waals surface area (Å²) in [5.74, 6) is 12.8. The summed E-state index contributed by atoms with van der Waals surface area (Å²) in [5, 5.41) is 6.35. The number of hydrazine groups is 2. The Morgan fingerprint density at radius 1 is 1.09 bits per heavy atom. The molecule has 1 fully saturated rings. The predicted molar refractivity (Wildman–Crippen MR) is 131 cm³/mol. The van der Waals surface area contributed by atoms with E-state index in [2.05, 4.69) is 11.2 Å². The first kappa shape index (κ1) is 24.5. The van der Waals surface area contributed by atoms with Gasteiger partial charge in [0.1, 0.15) is 19.5 Å². The third kappa shape index (κ3) is 5.83. The van der Waals surface area contributed by atoms with Crippen molar-refractivity contribution in [2.75, 3.05) is 19.2 Å². The van der Waals surface area contributed by atoms with E-state index >= 15 is 0 Å². The van der Waals surface area contributed by atoms with E-state index in [9.17, 15) is 4.79 Å². The predicted octanol–water partition coefficient (Wildman–Crippen LogP) is 4.42. The number of amides is 2. The molecule has 0 atom stereocenters. The molecule has 33 heavy (non-hydrogen) atoms. The molecule has 8 heteroatoms. The molecule has 0 saturated heterocycles. The number of aryl methyl sites for hydroxylation is 2. The van der Waals surface area contributed by atoms with Crippen LogP contribution < -0.4 is 21.4 Å². The molecule has 8 nitrogen and oxygen atoms in total. The Kier molecular flexibility index (Phi) is 8.30. The lowest BCUT2D eigenvalue weighted by Gasteiger charge is -2.24. The molecule has 0 spiro atoms. The molecule has 2 amide bonds. The first-order valence-corrected chi connectivity index (χ1v) is 11.3. The molecule has 178 valence electrons. The summed E-state index contributed by atoms with van der Waals surface area (Å²) in [5.41, 5.74) is 5.42. The van der Waals surface area contributed by atoms with Crippen LogP contribution in [0.4, 0.5) is 10.5 Å². The number of oxime groups is 1. The zero-order chi connectivity index (χ0) is 24.0. The number of carbonyl (C=O) groups is 1. The lowest BCUT2D eigenvalue weighted by atomic mass is 9.83. The zero-order valence-electron chi connectivity index (χ0n) is 20.0. The highest BCUT2D eigenvalue weighted by Gasteiger charge is 2.23. The quantitative estimate of drug-likeness (QED) is 0.279. The topological polar surface area (TPSA) is 106 Å². The van der Waals surface area contributed by atoms with Gasteiger partial charge in [0.25, 0.3) is 0 Å². The Bertz CT molecular complexity index is 1000. The van der Waals surface area contributed by atoms with Crippen molar-refractivity contribution in [2.24, 2.45) is 22.8 Å². The average Bonchev–Trinajstić information content (AvgIpc) is 2.81. The monoisotopic (exact) mass is 453 g/mol. The van der Waals surface area contributed by atoms with E-state index < -0.39 is 6.03 Å². The molecule has 0 heterocycles. The number of rotatable bonds is 7. The number of carbonyl (C=O) groups excluding carboxylic acids is 1. The first-order valence-electron chi connectivity index (χ1n) is 11.3. The molecular weight excluding hydrogens is 418 g/mol. The number of hydrogen-bond acceptors (Lipinski definition) is 6. The van der Waals surface area contributed by atoms with E-state index in [4.69, 9.17) is 21.3 Å². The van der Waals surface area contributed by atoms with Gasteiger partial charge < -0.3 is 9.57 Å². The number of urea groups is 1. The first-order chi connectivity index (χ1) is 15.8. The summed E-state index contributed by atoms with van der Waals surface area (Å²) in [4.78, 5) is 17.4. The lowest BCUT2D eigenvalue weighted by Crippen LogP contribution is -2.49. The highest BCUT2D eigenvalue weighted by molar-refractivity contribution is 6.02. The SMILES string of the molecule is CON=C(c1ccc(OCc2c(C)cccc2N(N)C(=O)N(C)N)c(C)c1)C1CCCCC1. The molecule has 2 aromatic rings. The second-order valence-corrected chi connectivity index (χ2v) is 8.60. The largest absolute Gasteiger partial charge is 0.489 e. The summed E-state index contributed by atoms with van der Waals surface area (Å²) in [6, 6.07) is 11.2. The van der Waals surface area contributed by atoms with Crippen LogP contribution in [0.1, 0.15) is 54.4 Å². The van der Waals surface area contributed by atoms with Gasteiger partial charge in [-0.3, -0.25) is 5.01 Å². The number of anilines is 1. The van der Waals surface area contributed by atoms with Crippen molar-refractivity contribution in [3.63, 3.8) is 0 Å². The van der Waals surface area contributed by atoms with Crippen LogP contribution in [-0.4, -0.2) is 30.9 Å². The van der Waals surface area contributed by atoms with Gasteiger partial charge in [-0.15, -0.1) is 0 Å². The molecule has 3 rings (SSSR count). The van der Waals surface area contributed by atoms with E-state index in [1.165, 1.54) is 26.3 Å². The number of nitrogens with zero attached hydrogens (tertiary/aromatic N) is 3. The maximum absolute atomic E-state index is 12.3. The smallest absolute Gasteiger partial charge is 0.352 e. The summed E-state index contributed by atoms with van der Waals surface area (Å²) < 4.78 is 6.17. The van der Waals surface area contributed by atoms with Gasteiger partial charge in [-0.2, -0.15) is 0 Å². The van der Waals surface area contributed by atoms with Crippen molar-refractivity contribution in [2.45, 2.75) is 52.6 Å². The summed E-state index contributed by atoms with van der Waals surface area (Å²) in [6.07, 6.45) is 6.03. The van der Waals surface area contributed by atoms with Gasteiger partial charge in [-0.05, 0) is 62.1 Å². The summed E-state index contributed by atoms with van der Waals surface area (Å²) in [7, 11) is 3.05. The van der Waals surface area contributed by atoms with Crippen LogP contribution in [0.25, 0.3) is 0 Å². The minimum absolute atomic E-state index is 0.263. The average molecular weight is 454 g/mol. The maximum atomic E-state index is 12.3. The number of benzene rings is 2. The Balaban J connectivity index is 1.80. The third-order valence-electron chi connectivity index (χ3n) is 6.18. The molecule has 1 aliphatic rings. The van der Waals surface area contributed by atoms with Gasteiger partial charge in [-0.25, -0.2) is 21.5 Å². The normalized spacial score (nSPS) is 14.7. The summed E-state index contributed by atoms with van der Waals surface area (Å²) in [6.45, 7) is 4.24. The minimum Gasteiger partial charge on any atom is -0.489 e. The van der Waals surface area contributed by atoms with Crippen molar-refractivity contribution in [1.29, 1.82) is 0 Å². The van der Waals surface area contributed by atoms with E-state index in [1.54, 1.807) is 13.2 Å². The van der Waals surface area contributed by atoms with Crippen molar-refractivity contribution < 1.29 is 14.4 Å². The second-order valence-electron chi connectivity index (χ2n) is 8.60. The van der Waals surface area contributed by atoms with Gasteiger partial charge in [-0.1, -0.05) is 36.6 Å². The highest BCUT2D eigenvalue weighted by Crippen LogP contribution is 2.30. The molecule has 0 bridgehead atoms. The van der Waals surface area contributed by atoms with Crippen LogP contribution in [0.15, 0.2) is 41.6 Å². The van der Waals surface area contributed by atoms with Crippen LogP contribution in [0.5, 0.6) is 5.75 Å². The fourth-order valence-corrected chi connectivity index (χ4v) is 4.33. The van der Waals surface area contributed by atoms with Crippen LogP contribution in [0.3, 0.4) is 0 Å². The van der Waals surface area contributed by atoms with Crippen molar-refractivity contribution in [3.05, 3.63) is 58.7 Å². The van der Waals surface area contributed by atoms with Crippen LogP contribution in [-0.2, 0) is 11.4 Å². The van der Waals surface area contributed by atoms with Crippen molar-refractivity contribution in [3.8, 4) is 5.75 Å². The molecule has 0 aliphatic heterocycles. The highest BCUT2D eigenvalue weighted by atomic mass is 16.6. The van der Waals surface area contributed by atoms with E-state index in [0.29, 0.717) is 11.6 Å². The second kappa shape index (κ2) is 11.2. The van der Waals surface area contributed by atoms with Gasteiger partial charge in [0.15, 0.2) is 0 Å². The fraction of sp³-hybridized carbons (Fsp3) is 0.440. The molecule has 1 saturated carbocycles. The van der Waals surface area contributed by atoms with E-state index in [-0.39, 0.29) is 6.61 Å². The standard InChI is InChI=1S/C25H35N5O3/c1-17-9-8-12-22(30(27)25(31)29(3)26)21(17)16-33-23-14-13-20(15-18(23)2)24(28-32-4)19-10-6-5-7-11-19/h8-9,12-15,19H,5-7,10-11,16,26-27H2,1-4H3. The van der Waals surface area contributed by atoms with Crippen LogP contribution in [0.2, 0.25) is 0 Å². The fourth-order valence-electron chi connectivity index (χ4n) is 4.33.